The van der Waals surface area contributed by atoms with Gasteiger partial charge in [-0.2, -0.15) is 5.10 Å². The highest BCUT2D eigenvalue weighted by atomic mass is 16.2. The number of amides is 2. The molecule has 0 aliphatic rings. The summed E-state index contributed by atoms with van der Waals surface area (Å²) in [6.07, 6.45) is 5.26. The number of nitrogens with one attached hydrogen (secondary N) is 1. The summed E-state index contributed by atoms with van der Waals surface area (Å²) in [5, 5.41) is 7.16. The van der Waals surface area contributed by atoms with Crippen LogP contribution in [0.1, 0.15) is 33.3 Å². The molecule has 124 valence electrons. The molecule has 6 heteroatoms. The lowest BCUT2D eigenvalue weighted by Gasteiger charge is -2.35. The molecule has 1 atom stereocenters. The molecule has 1 N–H and O–H groups in total. The van der Waals surface area contributed by atoms with Crippen LogP contribution in [0, 0.1) is 5.41 Å². The molecular weight excluding hydrogens is 290 g/mol. The van der Waals surface area contributed by atoms with E-state index in [1.807, 2.05) is 31.4 Å². The van der Waals surface area contributed by atoms with Crippen molar-refractivity contribution < 1.29 is 4.79 Å². The molecule has 0 bridgehead atoms. The normalized spacial score (nSPS) is 12.7. The smallest absolute Gasteiger partial charge is 0.317 e. The summed E-state index contributed by atoms with van der Waals surface area (Å²) in [5.41, 5.74) is 0.946. The summed E-state index contributed by atoms with van der Waals surface area (Å²) in [4.78, 5) is 18.5. The van der Waals surface area contributed by atoms with Crippen molar-refractivity contribution in [2.45, 2.75) is 40.3 Å². The van der Waals surface area contributed by atoms with Crippen molar-refractivity contribution >= 4 is 6.03 Å². The first-order valence-corrected chi connectivity index (χ1v) is 7.75. The maximum absolute atomic E-state index is 12.4. The summed E-state index contributed by atoms with van der Waals surface area (Å²) < 4.78 is 1.70. The van der Waals surface area contributed by atoms with E-state index >= 15 is 0 Å². The van der Waals surface area contributed by atoms with Gasteiger partial charge in [-0.15, -0.1) is 0 Å². The number of carbonyl (C=O) groups excluding carboxylic acids is 1. The Morgan fingerprint density at radius 3 is 2.70 bits per heavy atom. The molecule has 0 spiro atoms. The molecule has 0 aromatic carbocycles. The molecule has 2 heterocycles. The number of pyridine rings is 1. The van der Waals surface area contributed by atoms with Gasteiger partial charge in [0.2, 0.25) is 0 Å². The molecule has 0 aliphatic heterocycles. The highest BCUT2D eigenvalue weighted by Gasteiger charge is 2.26. The first-order chi connectivity index (χ1) is 10.8. The van der Waals surface area contributed by atoms with Crippen LogP contribution in [0.25, 0.3) is 5.82 Å². The topological polar surface area (TPSA) is 63.1 Å². The standard InChI is InChI=1S/C17H25N5O/c1-13(17(2,3)4)21(5)16(23)19-12-14-8-6-9-18-15(14)22-11-7-10-20-22/h6-11,13H,12H2,1-5H3,(H,19,23)/t13-/m0/s1. The molecule has 0 saturated carbocycles. The number of hydrogen-bond acceptors (Lipinski definition) is 3. The van der Waals surface area contributed by atoms with Gasteiger partial charge in [-0.25, -0.2) is 14.5 Å². The summed E-state index contributed by atoms with van der Waals surface area (Å²) in [7, 11) is 1.82. The molecule has 0 aliphatic carbocycles. The Bertz CT molecular complexity index is 645. The second kappa shape index (κ2) is 6.81. The van der Waals surface area contributed by atoms with Gasteiger partial charge in [-0.05, 0) is 24.5 Å². The van der Waals surface area contributed by atoms with Crippen LogP contribution in [0.4, 0.5) is 4.79 Å². The van der Waals surface area contributed by atoms with Crippen LogP contribution < -0.4 is 5.32 Å². The number of rotatable bonds is 4. The predicted molar refractivity (Wildman–Crippen MR) is 90.3 cm³/mol. The average molecular weight is 315 g/mol. The molecule has 2 rings (SSSR count). The quantitative estimate of drug-likeness (QED) is 0.943. The van der Waals surface area contributed by atoms with E-state index in [-0.39, 0.29) is 17.5 Å². The highest BCUT2D eigenvalue weighted by Crippen LogP contribution is 2.23. The van der Waals surface area contributed by atoms with Gasteiger partial charge >= 0.3 is 6.03 Å². The van der Waals surface area contributed by atoms with E-state index in [4.69, 9.17) is 0 Å². The third-order valence-electron chi connectivity index (χ3n) is 4.17. The molecule has 0 saturated heterocycles. The van der Waals surface area contributed by atoms with Crippen LogP contribution in [-0.2, 0) is 6.54 Å². The van der Waals surface area contributed by atoms with Crippen LogP contribution >= 0.6 is 0 Å². The fourth-order valence-corrected chi connectivity index (χ4v) is 2.22. The Balaban J connectivity index is 2.06. The lowest BCUT2D eigenvalue weighted by molar-refractivity contribution is 0.145. The van der Waals surface area contributed by atoms with Crippen molar-refractivity contribution in [3.05, 3.63) is 42.4 Å². The number of carbonyl (C=O) groups is 1. The summed E-state index contributed by atoms with van der Waals surface area (Å²) >= 11 is 0. The van der Waals surface area contributed by atoms with E-state index in [2.05, 4.69) is 43.1 Å². The van der Waals surface area contributed by atoms with E-state index in [0.717, 1.165) is 11.4 Å². The number of hydrogen-bond donors (Lipinski definition) is 1. The van der Waals surface area contributed by atoms with Crippen molar-refractivity contribution in [2.75, 3.05) is 7.05 Å². The number of nitrogens with zero attached hydrogens (tertiary/aromatic N) is 4. The molecule has 0 radical (unpaired) electrons. The van der Waals surface area contributed by atoms with E-state index < -0.39 is 0 Å². The molecule has 2 amide bonds. The van der Waals surface area contributed by atoms with Gasteiger partial charge in [-0.3, -0.25) is 0 Å². The average Bonchev–Trinajstić information content (AvgIpc) is 3.04. The van der Waals surface area contributed by atoms with Crippen LogP contribution in [-0.4, -0.2) is 38.8 Å². The Morgan fingerprint density at radius 1 is 1.35 bits per heavy atom. The minimum absolute atomic E-state index is 0.0284. The van der Waals surface area contributed by atoms with Gasteiger partial charge in [0.1, 0.15) is 0 Å². The summed E-state index contributed by atoms with van der Waals surface area (Å²) in [6, 6.07) is 5.67. The van der Waals surface area contributed by atoms with E-state index in [1.165, 1.54) is 0 Å². The minimum atomic E-state index is -0.0947. The lowest BCUT2D eigenvalue weighted by Crippen LogP contribution is -2.47. The molecule has 6 nitrogen and oxygen atoms in total. The van der Waals surface area contributed by atoms with E-state index in [1.54, 1.807) is 22.0 Å². The zero-order valence-electron chi connectivity index (χ0n) is 14.4. The molecule has 23 heavy (non-hydrogen) atoms. The van der Waals surface area contributed by atoms with Gasteiger partial charge in [-0.1, -0.05) is 26.8 Å². The third kappa shape index (κ3) is 4.09. The third-order valence-corrected chi connectivity index (χ3v) is 4.17. The molecule has 2 aromatic rings. The van der Waals surface area contributed by atoms with Crippen LogP contribution in [0.5, 0.6) is 0 Å². The van der Waals surface area contributed by atoms with Crippen LogP contribution in [0.15, 0.2) is 36.8 Å². The Labute approximate surface area is 137 Å². The van der Waals surface area contributed by atoms with Crippen LogP contribution in [0.2, 0.25) is 0 Å². The zero-order valence-corrected chi connectivity index (χ0v) is 14.4. The zero-order chi connectivity index (χ0) is 17.0. The summed E-state index contributed by atoms with van der Waals surface area (Å²) in [6.45, 7) is 8.83. The molecule has 0 unspecified atom stereocenters. The largest absolute Gasteiger partial charge is 0.334 e. The molecule has 2 aromatic heterocycles. The van der Waals surface area contributed by atoms with Crippen molar-refractivity contribution in [3.63, 3.8) is 0 Å². The van der Waals surface area contributed by atoms with Gasteiger partial charge in [0.05, 0.1) is 0 Å². The SMILES string of the molecule is C[C@H](N(C)C(=O)NCc1cccnc1-n1cccn1)C(C)(C)C. The Morgan fingerprint density at radius 2 is 2.09 bits per heavy atom. The highest BCUT2D eigenvalue weighted by molar-refractivity contribution is 5.74. The first-order valence-electron chi connectivity index (χ1n) is 7.75. The van der Waals surface area contributed by atoms with Gasteiger partial charge in [0, 0.05) is 43.8 Å². The summed E-state index contributed by atoms with van der Waals surface area (Å²) in [5.74, 6) is 0.726. The van der Waals surface area contributed by atoms with E-state index in [9.17, 15) is 4.79 Å². The monoisotopic (exact) mass is 315 g/mol. The fourth-order valence-electron chi connectivity index (χ4n) is 2.22. The van der Waals surface area contributed by atoms with Crippen molar-refractivity contribution in [1.82, 2.24) is 25.0 Å². The fraction of sp³-hybridized carbons (Fsp3) is 0.471. The van der Waals surface area contributed by atoms with Gasteiger partial charge < -0.3 is 10.2 Å². The van der Waals surface area contributed by atoms with Crippen molar-refractivity contribution in [1.29, 1.82) is 0 Å². The van der Waals surface area contributed by atoms with E-state index in [0.29, 0.717) is 6.54 Å². The maximum Gasteiger partial charge on any atom is 0.317 e. The predicted octanol–water partition coefficient (Wildman–Crippen LogP) is 2.84. The first kappa shape index (κ1) is 17.0. The second-order valence-electron chi connectivity index (χ2n) is 6.75. The van der Waals surface area contributed by atoms with Crippen molar-refractivity contribution in [2.24, 2.45) is 5.41 Å². The Hall–Kier alpha value is -2.37. The van der Waals surface area contributed by atoms with Crippen LogP contribution in [0.3, 0.4) is 0 Å². The minimum Gasteiger partial charge on any atom is -0.334 e. The molecule has 0 fully saturated rings. The van der Waals surface area contributed by atoms with Gasteiger partial charge in [0.15, 0.2) is 5.82 Å². The maximum atomic E-state index is 12.4. The van der Waals surface area contributed by atoms with Crippen molar-refractivity contribution in [3.8, 4) is 5.82 Å². The Kier molecular flexibility index (Phi) is 5.03. The molecular formula is C17H25N5O. The lowest BCUT2D eigenvalue weighted by atomic mass is 9.87. The number of urea groups is 1. The van der Waals surface area contributed by atoms with Gasteiger partial charge in [0.25, 0.3) is 0 Å². The second-order valence-corrected chi connectivity index (χ2v) is 6.75. The number of aromatic nitrogens is 3.